The van der Waals surface area contributed by atoms with Gasteiger partial charge in [0.15, 0.2) is 0 Å². The van der Waals surface area contributed by atoms with E-state index >= 15 is 0 Å². The Morgan fingerprint density at radius 1 is 0.971 bits per heavy atom. The smallest absolute Gasteiger partial charge is 0.323 e. The monoisotopic (exact) mass is 476 g/mol. The summed E-state index contributed by atoms with van der Waals surface area (Å²) in [4.78, 5) is 27.8. The van der Waals surface area contributed by atoms with Crippen LogP contribution >= 0.6 is 0 Å². The highest BCUT2D eigenvalue weighted by atomic mass is 19.1. The summed E-state index contributed by atoms with van der Waals surface area (Å²) < 4.78 is 18.7. The highest BCUT2D eigenvalue weighted by Gasteiger charge is 2.19. The number of anilines is 3. The minimum Gasteiger partial charge on any atom is -0.494 e. The summed E-state index contributed by atoms with van der Waals surface area (Å²) in [5.41, 5.74) is 3.23. The first-order chi connectivity index (χ1) is 17.0. The van der Waals surface area contributed by atoms with Crippen LogP contribution in [0, 0.1) is 5.82 Å². The summed E-state index contributed by atoms with van der Waals surface area (Å²) in [7, 11) is 0. The second kappa shape index (κ2) is 11.4. The Morgan fingerprint density at radius 3 is 2.49 bits per heavy atom. The van der Waals surface area contributed by atoms with Gasteiger partial charge in [0.1, 0.15) is 11.6 Å². The fourth-order valence-corrected chi connectivity index (χ4v) is 4.03. The Kier molecular flexibility index (Phi) is 7.82. The van der Waals surface area contributed by atoms with Gasteiger partial charge in [0.2, 0.25) is 0 Å². The molecule has 0 radical (unpaired) electrons. The van der Waals surface area contributed by atoms with E-state index in [0.717, 1.165) is 42.9 Å². The van der Waals surface area contributed by atoms with Crippen LogP contribution in [0.1, 0.15) is 35.7 Å². The normalized spacial score (nSPS) is 12.8. The Bertz CT molecular complexity index is 1180. The van der Waals surface area contributed by atoms with Crippen LogP contribution in [0.15, 0.2) is 66.7 Å². The minimum atomic E-state index is -0.470. The van der Waals surface area contributed by atoms with Crippen molar-refractivity contribution in [3.63, 3.8) is 0 Å². The van der Waals surface area contributed by atoms with Gasteiger partial charge >= 0.3 is 6.03 Å². The lowest BCUT2D eigenvalue weighted by Gasteiger charge is -2.22. The Labute approximate surface area is 204 Å². The summed E-state index contributed by atoms with van der Waals surface area (Å²) in [6.45, 7) is 4.61. The third-order valence-corrected chi connectivity index (χ3v) is 5.72. The third-order valence-electron chi connectivity index (χ3n) is 5.72. The lowest BCUT2D eigenvalue weighted by molar-refractivity contribution is 0.0951. The standard InChI is InChI=1S/C27H29FN4O3/c1-2-35-23-7-5-6-19(16-23)18-29-26(33)20-8-13-25(32-14-3-4-15-32)24(17-20)31-27(34)30-22-11-9-21(28)10-12-22/h5-13,16-17H,2-4,14-15,18H2,1H3,(H,29,33)(H2,30,31,34). The summed E-state index contributed by atoms with van der Waals surface area (Å²) >= 11 is 0. The third kappa shape index (κ3) is 6.50. The number of carbonyl (C=O) groups is 2. The largest absolute Gasteiger partial charge is 0.494 e. The predicted octanol–water partition coefficient (Wildman–Crippen LogP) is 5.40. The average molecular weight is 477 g/mol. The number of hydrogen-bond acceptors (Lipinski definition) is 4. The van der Waals surface area contributed by atoms with Crippen molar-refractivity contribution in [2.75, 3.05) is 35.2 Å². The molecule has 35 heavy (non-hydrogen) atoms. The molecule has 0 bridgehead atoms. The number of carbonyl (C=O) groups excluding carboxylic acids is 2. The van der Waals surface area contributed by atoms with E-state index in [2.05, 4.69) is 20.9 Å². The summed E-state index contributed by atoms with van der Waals surface area (Å²) in [5, 5.41) is 8.49. The molecule has 1 heterocycles. The van der Waals surface area contributed by atoms with E-state index in [9.17, 15) is 14.0 Å². The lowest BCUT2D eigenvalue weighted by Crippen LogP contribution is -2.26. The quantitative estimate of drug-likeness (QED) is 0.407. The van der Waals surface area contributed by atoms with Crippen molar-refractivity contribution in [2.45, 2.75) is 26.3 Å². The number of ether oxygens (including phenoxy) is 1. The van der Waals surface area contributed by atoms with Crippen molar-refractivity contribution in [1.82, 2.24) is 5.32 Å². The number of benzene rings is 3. The van der Waals surface area contributed by atoms with Crippen molar-refractivity contribution in [2.24, 2.45) is 0 Å². The van der Waals surface area contributed by atoms with E-state index in [0.29, 0.717) is 30.1 Å². The fraction of sp³-hybridized carbons (Fsp3) is 0.259. The van der Waals surface area contributed by atoms with Crippen LogP contribution < -0.4 is 25.6 Å². The molecule has 1 saturated heterocycles. The first kappa shape index (κ1) is 24.1. The number of halogens is 1. The van der Waals surface area contributed by atoms with E-state index in [1.54, 1.807) is 12.1 Å². The van der Waals surface area contributed by atoms with Crippen LogP contribution in [0.3, 0.4) is 0 Å². The zero-order valence-electron chi connectivity index (χ0n) is 19.6. The molecule has 7 nitrogen and oxygen atoms in total. The number of nitrogens with one attached hydrogen (secondary N) is 3. The van der Waals surface area contributed by atoms with Gasteiger partial charge in [0.05, 0.1) is 18.0 Å². The molecule has 0 unspecified atom stereocenters. The highest BCUT2D eigenvalue weighted by molar-refractivity contribution is 6.04. The Balaban J connectivity index is 1.48. The molecule has 8 heteroatoms. The molecule has 3 aromatic carbocycles. The van der Waals surface area contributed by atoms with Gasteiger partial charge in [-0.15, -0.1) is 0 Å². The highest BCUT2D eigenvalue weighted by Crippen LogP contribution is 2.30. The molecule has 0 aliphatic carbocycles. The number of nitrogens with zero attached hydrogens (tertiary/aromatic N) is 1. The van der Waals surface area contributed by atoms with E-state index in [1.165, 1.54) is 24.3 Å². The van der Waals surface area contributed by atoms with E-state index in [-0.39, 0.29) is 11.7 Å². The van der Waals surface area contributed by atoms with E-state index in [1.807, 2.05) is 37.3 Å². The zero-order chi connectivity index (χ0) is 24.6. The topological polar surface area (TPSA) is 82.7 Å². The first-order valence-electron chi connectivity index (χ1n) is 11.7. The molecule has 4 rings (SSSR count). The van der Waals surface area contributed by atoms with E-state index in [4.69, 9.17) is 4.74 Å². The molecule has 1 aliphatic heterocycles. The molecule has 0 atom stereocenters. The van der Waals surface area contributed by atoms with E-state index < -0.39 is 6.03 Å². The Morgan fingerprint density at radius 2 is 1.74 bits per heavy atom. The van der Waals surface area contributed by atoms with Crippen LogP contribution in [-0.4, -0.2) is 31.6 Å². The van der Waals surface area contributed by atoms with Gasteiger partial charge in [-0.05, 0) is 79.9 Å². The molecule has 3 N–H and O–H groups in total. The minimum absolute atomic E-state index is 0.248. The molecule has 0 spiro atoms. The van der Waals surface area contributed by atoms with Gasteiger partial charge in [0, 0.05) is 30.9 Å². The van der Waals surface area contributed by atoms with Gasteiger partial charge in [-0.25, -0.2) is 9.18 Å². The maximum absolute atomic E-state index is 13.2. The van der Waals surface area contributed by atoms with Gasteiger partial charge in [-0.2, -0.15) is 0 Å². The first-order valence-corrected chi connectivity index (χ1v) is 11.7. The molecule has 0 saturated carbocycles. The van der Waals surface area contributed by atoms with Crippen molar-refractivity contribution >= 4 is 29.0 Å². The molecule has 3 amide bonds. The van der Waals surface area contributed by atoms with Gasteiger partial charge in [0.25, 0.3) is 5.91 Å². The number of urea groups is 1. The van der Waals surface area contributed by atoms with Crippen molar-refractivity contribution in [3.05, 3.63) is 83.7 Å². The number of hydrogen-bond donors (Lipinski definition) is 3. The van der Waals surface area contributed by atoms with Crippen LogP contribution in [0.2, 0.25) is 0 Å². The van der Waals surface area contributed by atoms with Crippen molar-refractivity contribution in [1.29, 1.82) is 0 Å². The maximum atomic E-state index is 13.2. The SMILES string of the molecule is CCOc1cccc(CNC(=O)c2ccc(N3CCCC3)c(NC(=O)Nc3ccc(F)cc3)c2)c1. The van der Waals surface area contributed by atoms with Gasteiger partial charge in [-0.3, -0.25) is 4.79 Å². The molecule has 0 aromatic heterocycles. The molecule has 3 aromatic rings. The molecular weight excluding hydrogens is 447 g/mol. The van der Waals surface area contributed by atoms with Crippen LogP contribution in [0.4, 0.5) is 26.2 Å². The van der Waals surface area contributed by atoms with Crippen molar-refractivity contribution in [3.8, 4) is 5.75 Å². The fourth-order valence-electron chi connectivity index (χ4n) is 4.03. The molecule has 1 aliphatic rings. The van der Waals surface area contributed by atoms with Crippen LogP contribution in [-0.2, 0) is 6.54 Å². The summed E-state index contributed by atoms with van der Waals surface area (Å²) in [5.74, 6) is 0.130. The predicted molar refractivity (Wildman–Crippen MR) is 136 cm³/mol. The van der Waals surface area contributed by atoms with Crippen LogP contribution in [0.25, 0.3) is 0 Å². The number of rotatable bonds is 8. The maximum Gasteiger partial charge on any atom is 0.323 e. The second-order valence-corrected chi connectivity index (χ2v) is 8.28. The van der Waals surface area contributed by atoms with Gasteiger partial charge in [-0.1, -0.05) is 12.1 Å². The van der Waals surface area contributed by atoms with Crippen molar-refractivity contribution < 1.29 is 18.7 Å². The Hall–Kier alpha value is -4.07. The average Bonchev–Trinajstić information content (AvgIpc) is 3.39. The van der Waals surface area contributed by atoms with Crippen LogP contribution in [0.5, 0.6) is 5.75 Å². The zero-order valence-corrected chi connectivity index (χ0v) is 19.6. The molecule has 1 fully saturated rings. The number of amides is 3. The second-order valence-electron chi connectivity index (χ2n) is 8.28. The lowest BCUT2D eigenvalue weighted by atomic mass is 10.1. The summed E-state index contributed by atoms with van der Waals surface area (Å²) in [6, 6.07) is 18.0. The molecule has 182 valence electrons. The van der Waals surface area contributed by atoms with Gasteiger partial charge < -0.3 is 25.6 Å². The molecular formula is C27H29FN4O3. The summed E-state index contributed by atoms with van der Waals surface area (Å²) in [6.07, 6.45) is 2.15.